The third-order valence-corrected chi connectivity index (χ3v) is 3.52. The van der Waals surface area contributed by atoms with Crippen LogP contribution in [-0.4, -0.2) is 39.5 Å². The zero-order chi connectivity index (χ0) is 12.5. The van der Waals surface area contributed by atoms with Gasteiger partial charge in [0, 0.05) is 18.5 Å². The van der Waals surface area contributed by atoms with Crippen LogP contribution in [0.15, 0.2) is 12.3 Å². The van der Waals surface area contributed by atoms with Crippen LogP contribution in [0.3, 0.4) is 0 Å². The van der Waals surface area contributed by atoms with Crippen LogP contribution in [0.25, 0.3) is 0 Å². The molecule has 0 radical (unpaired) electrons. The number of hydrogen-bond acceptors (Lipinski definition) is 3. The van der Waals surface area contributed by atoms with Crippen molar-refractivity contribution in [2.45, 2.75) is 31.7 Å². The molecule has 1 aliphatic carbocycles. The summed E-state index contributed by atoms with van der Waals surface area (Å²) in [6, 6.07) is 1.38. The van der Waals surface area contributed by atoms with E-state index in [2.05, 4.69) is 15.5 Å². The molecule has 96 valence electrons. The van der Waals surface area contributed by atoms with E-state index in [4.69, 9.17) is 0 Å². The minimum atomic E-state index is -0.318. The molecule has 2 N–H and O–H groups in total. The Kier molecular flexibility index (Phi) is 2.77. The van der Waals surface area contributed by atoms with Gasteiger partial charge in [-0.05, 0) is 25.7 Å². The van der Waals surface area contributed by atoms with Crippen LogP contribution in [0.2, 0.25) is 0 Å². The lowest BCUT2D eigenvalue weighted by Gasteiger charge is -2.23. The molecule has 1 saturated heterocycles. The lowest BCUT2D eigenvalue weighted by molar-refractivity contribution is -0.137. The molecule has 18 heavy (non-hydrogen) atoms. The summed E-state index contributed by atoms with van der Waals surface area (Å²) in [4.78, 5) is 25.9. The van der Waals surface area contributed by atoms with Gasteiger partial charge >= 0.3 is 0 Å². The lowest BCUT2D eigenvalue weighted by Crippen LogP contribution is -2.43. The SMILES string of the molecule is O=C(Nc1ccn[nH]1)C1CCCN1C(=O)C1CC1. The molecule has 2 heterocycles. The van der Waals surface area contributed by atoms with Crippen LogP contribution in [0.5, 0.6) is 0 Å². The normalized spacial score (nSPS) is 23.1. The summed E-state index contributed by atoms with van der Waals surface area (Å²) in [5, 5.41) is 9.22. The number of amides is 2. The van der Waals surface area contributed by atoms with Gasteiger partial charge in [-0.25, -0.2) is 0 Å². The van der Waals surface area contributed by atoms with Gasteiger partial charge in [-0.2, -0.15) is 5.10 Å². The lowest BCUT2D eigenvalue weighted by atomic mass is 10.2. The predicted octanol–water partition coefficient (Wildman–Crippen LogP) is 0.749. The van der Waals surface area contributed by atoms with E-state index in [1.54, 1.807) is 17.2 Å². The van der Waals surface area contributed by atoms with E-state index in [9.17, 15) is 9.59 Å². The topological polar surface area (TPSA) is 78.1 Å². The first kappa shape index (κ1) is 11.3. The first-order chi connectivity index (χ1) is 8.75. The zero-order valence-electron chi connectivity index (χ0n) is 10.1. The van der Waals surface area contributed by atoms with Gasteiger partial charge in [0.15, 0.2) is 0 Å². The van der Waals surface area contributed by atoms with Crippen LogP contribution in [-0.2, 0) is 9.59 Å². The van der Waals surface area contributed by atoms with Crippen molar-refractivity contribution in [1.29, 1.82) is 0 Å². The van der Waals surface area contributed by atoms with Crippen LogP contribution < -0.4 is 5.32 Å². The van der Waals surface area contributed by atoms with E-state index in [-0.39, 0.29) is 23.8 Å². The third kappa shape index (κ3) is 2.10. The van der Waals surface area contributed by atoms with Crippen molar-refractivity contribution in [1.82, 2.24) is 15.1 Å². The van der Waals surface area contributed by atoms with Crippen LogP contribution in [0.4, 0.5) is 5.82 Å². The molecule has 6 heteroatoms. The standard InChI is InChI=1S/C12H16N4O2/c17-11(14-10-5-6-13-15-10)9-2-1-7-16(9)12(18)8-3-4-8/h5-6,8-9H,1-4,7H2,(H2,13,14,15,17). The van der Waals surface area contributed by atoms with Gasteiger partial charge in [-0.1, -0.05) is 0 Å². The summed E-state index contributed by atoms with van der Waals surface area (Å²) < 4.78 is 0. The number of H-pyrrole nitrogens is 1. The number of carbonyl (C=O) groups is 2. The second-order valence-corrected chi connectivity index (χ2v) is 4.92. The number of nitrogens with one attached hydrogen (secondary N) is 2. The minimum absolute atomic E-state index is 0.120. The van der Waals surface area contributed by atoms with Gasteiger partial charge in [0.2, 0.25) is 11.8 Å². The van der Waals surface area contributed by atoms with Gasteiger partial charge in [-0.3, -0.25) is 14.7 Å². The summed E-state index contributed by atoms with van der Waals surface area (Å²) >= 11 is 0. The van der Waals surface area contributed by atoms with Gasteiger partial charge in [0.1, 0.15) is 11.9 Å². The maximum absolute atomic E-state index is 12.1. The molecule has 6 nitrogen and oxygen atoms in total. The predicted molar refractivity (Wildman–Crippen MR) is 64.7 cm³/mol. The van der Waals surface area contributed by atoms with Crippen molar-refractivity contribution in [2.75, 3.05) is 11.9 Å². The Bertz CT molecular complexity index is 453. The molecule has 2 amide bonds. The molecule has 1 unspecified atom stereocenters. The number of nitrogens with zero attached hydrogens (tertiary/aromatic N) is 2. The van der Waals surface area contributed by atoms with Crippen molar-refractivity contribution in [3.8, 4) is 0 Å². The molecular weight excluding hydrogens is 232 g/mol. The minimum Gasteiger partial charge on any atom is -0.330 e. The molecule has 2 aliphatic rings. The van der Waals surface area contributed by atoms with Crippen LogP contribution in [0, 0.1) is 5.92 Å². The second kappa shape index (κ2) is 4.44. The maximum atomic E-state index is 12.1. The number of anilines is 1. The molecule has 1 aromatic rings. The van der Waals surface area contributed by atoms with Gasteiger partial charge < -0.3 is 10.2 Å². The molecule has 3 rings (SSSR count). The van der Waals surface area contributed by atoms with Gasteiger partial charge in [0.05, 0.1) is 6.20 Å². The number of rotatable bonds is 3. The number of aromatic nitrogens is 2. The molecular formula is C12H16N4O2. The fraction of sp³-hybridized carbons (Fsp3) is 0.583. The van der Waals surface area contributed by atoms with E-state index < -0.39 is 0 Å². The molecule has 1 atom stereocenters. The summed E-state index contributed by atoms with van der Waals surface area (Å²) in [5.41, 5.74) is 0. The van der Waals surface area contributed by atoms with E-state index in [1.807, 2.05) is 0 Å². The molecule has 2 fully saturated rings. The Morgan fingerprint density at radius 1 is 1.39 bits per heavy atom. The summed E-state index contributed by atoms with van der Waals surface area (Å²) in [6.07, 6.45) is 5.18. The monoisotopic (exact) mass is 248 g/mol. The van der Waals surface area contributed by atoms with E-state index in [0.29, 0.717) is 12.4 Å². The number of likely N-dealkylation sites (tertiary alicyclic amines) is 1. The first-order valence-corrected chi connectivity index (χ1v) is 6.36. The van der Waals surface area contributed by atoms with Crippen molar-refractivity contribution in [3.63, 3.8) is 0 Å². The maximum Gasteiger partial charge on any atom is 0.248 e. The van der Waals surface area contributed by atoms with Crippen molar-refractivity contribution in [2.24, 2.45) is 5.92 Å². The highest BCUT2D eigenvalue weighted by atomic mass is 16.2. The van der Waals surface area contributed by atoms with Gasteiger partial charge in [0.25, 0.3) is 0 Å². The number of carbonyl (C=O) groups excluding carboxylic acids is 2. The Hall–Kier alpha value is -1.85. The molecule has 1 aromatic heterocycles. The second-order valence-electron chi connectivity index (χ2n) is 4.92. The largest absolute Gasteiger partial charge is 0.330 e. The molecule has 1 aliphatic heterocycles. The highest BCUT2D eigenvalue weighted by Gasteiger charge is 2.40. The van der Waals surface area contributed by atoms with Crippen molar-refractivity contribution >= 4 is 17.6 Å². The smallest absolute Gasteiger partial charge is 0.248 e. The summed E-state index contributed by atoms with van der Waals surface area (Å²) in [6.45, 7) is 0.705. The Labute approximate surface area is 105 Å². The molecule has 1 saturated carbocycles. The van der Waals surface area contributed by atoms with E-state index in [0.717, 1.165) is 25.7 Å². The Morgan fingerprint density at radius 2 is 2.22 bits per heavy atom. The first-order valence-electron chi connectivity index (χ1n) is 6.36. The average Bonchev–Trinajstić information content (AvgIpc) is 2.89. The van der Waals surface area contributed by atoms with Crippen molar-refractivity contribution < 1.29 is 9.59 Å². The highest BCUT2D eigenvalue weighted by Crippen LogP contribution is 2.33. The summed E-state index contributed by atoms with van der Waals surface area (Å²) in [5.74, 6) is 0.777. The Balaban J connectivity index is 1.66. The quantitative estimate of drug-likeness (QED) is 0.828. The molecule has 0 bridgehead atoms. The zero-order valence-corrected chi connectivity index (χ0v) is 10.1. The van der Waals surface area contributed by atoms with Crippen LogP contribution in [0.1, 0.15) is 25.7 Å². The fourth-order valence-electron chi connectivity index (χ4n) is 2.41. The van der Waals surface area contributed by atoms with Gasteiger partial charge in [-0.15, -0.1) is 0 Å². The highest BCUT2D eigenvalue weighted by molar-refractivity contribution is 5.97. The number of aromatic amines is 1. The van der Waals surface area contributed by atoms with E-state index in [1.165, 1.54) is 0 Å². The fourth-order valence-corrected chi connectivity index (χ4v) is 2.41. The van der Waals surface area contributed by atoms with Crippen LogP contribution >= 0.6 is 0 Å². The average molecular weight is 248 g/mol. The van der Waals surface area contributed by atoms with Crippen molar-refractivity contribution in [3.05, 3.63) is 12.3 Å². The molecule has 0 spiro atoms. The van der Waals surface area contributed by atoms with E-state index >= 15 is 0 Å². The third-order valence-electron chi connectivity index (χ3n) is 3.52. The number of hydrogen-bond donors (Lipinski definition) is 2. The summed E-state index contributed by atoms with van der Waals surface area (Å²) in [7, 11) is 0. The molecule has 0 aromatic carbocycles. The Morgan fingerprint density at radius 3 is 2.89 bits per heavy atom.